The highest BCUT2D eigenvalue weighted by molar-refractivity contribution is 6.30. The highest BCUT2D eigenvalue weighted by Gasteiger charge is 2.24. The lowest BCUT2D eigenvalue weighted by Gasteiger charge is -2.19. The number of halogens is 2. The molecule has 94 valence electrons. The summed E-state index contributed by atoms with van der Waals surface area (Å²) in [5, 5.41) is 3.94. The quantitative estimate of drug-likeness (QED) is 0.891. The first-order valence-electron chi connectivity index (χ1n) is 6.11. The van der Waals surface area contributed by atoms with Crippen LogP contribution in [0.2, 0.25) is 5.02 Å². The molecule has 17 heavy (non-hydrogen) atoms. The summed E-state index contributed by atoms with van der Waals surface area (Å²) in [5.41, 5.74) is 0.636. The topological polar surface area (TPSA) is 15.3 Å². The van der Waals surface area contributed by atoms with Gasteiger partial charge in [-0.15, -0.1) is 0 Å². The standard InChI is InChI=1S/C13H18ClFN2/c1-2-16-8-10-5-6-17(9-10)13-7-11(14)3-4-12(13)15/h3-4,7,10,16H,2,5-6,8-9H2,1H3. The Morgan fingerprint density at radius 2 is 2.35 bits per heavy atom. The van der Waals surface area contributed by atoms with Gasteiger partial charge in [0.2, 0.25) is 0 Å². The molecule has 0 spiro atoms. The second kappa shape index (κ2) is 5.69. The maximum atomic E-state index is 13.7. The number of hydrogen-bond donors (Lipinski definition) is 1. The maximum absolute atomic E-state index is 13.7. The molecule has 1 unspecified atom stereocenters. The van der Waals surface area contributed by atoms with E-state index in [1.807, 2.05) is 0 Å². The first kappa shape index (κ1) is 12.7. The van der Waals surface area contributed by atoms with Crippen molar-refractivity contribution in [3.05, 3.63) is 29.0 Å². The minimum Gasteiger partial charge on any atom is -0.369 e. The minimum atomic E-state index is -0.182. The molecule has 1 atom stereocenters. The Morgan fingerprint density at radius 1 is 1.53 bits per heavy atom. The van der Waals surface area contributed by atoms with Crippen LogP contribution in [0.3, 0.4) is 0 Å². The van der Waals surface area contributed by atoms with Crippen LogP contribution >= 0.6 is 11.6 Å². The van der Waals surface area contributed by atoms with Crippen LogP contribution in [0.4, 0.5) is 10.1 Å². The molecule has 4 heteroatoms. The van der Waals surface area contributed by atoms with Crippen LogP contribution in [-0.4, -0.2) is 26.2 Å². The van der Waals surface area contributed by atoms with Gasteiger partial charge in [0.15, 0.2) is 0 Å². The van der Waals surface area contributed by atoms with E-state index in [2.05, 4.69) is 17.1 Å². The lowest BCUT2D eigenvalue weighted by molar-refractivity contribution is 0.527. The highest BCUT2D eigenvalue weighted by atomic mass is 35.5. The van der Waals surface area contributed by atoms with E-state index in [1.165, 1.54) is 6.07 Å². The Bertz CT molecular complexity index is 384. The Hall–Kier alpha value is -0.800. The van der Waals surface area contributed by atoms with E-state index in [0.29, 0.717) is 16.6 Å². The zero-order valence-corrected chi connectivity index (χ0v) is 10.8. The van der Waals surface area contributed by atoms with Crippen LogP contribution in [0.15, 0.2) is 18.2 Å². The zero-order valence-electron chi connectivity index (χ0n) is 10.0. The van der Waals surface area contributed by atoms with Crippen molar-refractivity contribution >= 4 is 17.3 Å². The summed E-state index contributed by atoms with van der Waals surface area (Å²) in [7, 11) is 0. The fraction of sp³-hybridized carbons (Fsp3) is 0.538. The molecule has 0 saturated carbocycles. The number of nitrogens with zero attached hydrogens (tertiary/aromatic N) is 1. The van der Waals surface area contributed by atoms with E-state index in [1.54, 1.807) is 12.1 Å². The van der Waals surface area contributed by atoms with Gasteiger partial charge >= 0.3 is 0 Å². The molecule has 1 aromatic rings. The van der Waals surface area contributed by atoms with Crippen LogP contribution < -0.4 is 10.2 Å². The second-order valence-electron chi connectivity index (χ2n) is 4.50. The van der Waals surface area contributed by atoms with Crippen LogP contribution in [-0.2, 0) is 0 Å². The van der Waals surface area contributed by atoms with Crippen molar-refractivity contribution in [2.75, 3.05) is 31.1 Å². The third-order valence-electron chi connectivity index (χ3n) is 3.22. The Kier molecular flexibility index (Phi) is 4.24. The molecular formula is C13H18ClFN2. The van der Waals surface area contributed by atoms with Crippen LogP contribution in [0.25, 0.3) is 0 Å². The van der Waals surface area contributed by atoms with E-state index in [9.17, 15) is 4.39 Å². The maximum Gasteiger partial charge on any atom is 0.146 e. The molecule has 0 aromatic heterocycles. The fourth-order valence-corrected chi connectivity index (χ4v) is 2.46. The highest BCUT2D eigenvalue weighted by Crippen LogP contribution is 2.28. The molecule has 2 nitrogen and oxygen atoms in total. The van der Waals surface area contributed by atoms with Crippen molar-refractivity contribution in [1.29, 1.82) is 0 Å². The van der Waals surface area contributed by atoms with Crippen LogP contribution in [0.5, 0.6) is 0 Å². The van der Waals surface area contributed by atoms with E-state index >= 15 is 0 Å². The van der Waals surface area contributed by atoms with Crippen molar-refractivity contribution in [3.63, 3.8) is 0 Å². The average Bonchev–Trinajstić information content (AvgIpc) is 2.78. The van der Waals surface area contributed by atoms with Crippen LogP contribution in [0.1, 0.15) is 13.3 Å². The summed E-state index contributed by atoms with van der Waals surface area (Å²) in [5.74, 6) is 0.423. The summed E-state index contributed by atoms with van der Waals surface area (Å²) in [6, 6.07) is 4.74. The number of benzene rings is 1. The molecule has 1 N–H and O–H groups in total. The van der Waals surface area contributed by atoms with Crippen molar-refractivity contribution in [2.45, 2.75) is 13.3 Å². The van der Waals surface area contributed by atoms with Gasteiger partial charge in [-0.3, -0.25) is 0 Å². The van der Waals surface area contributed by atoms with Gasteiger partial charge < -0.3 is 10.2 Å². The SMILES string of the molecule is CCNCC1CCN(c2cc(Cl)ccc2F)C1. The van der Waals surface area contributed by atoms with Gasteiger partial charge in [0.25, 0.3) is 0 Å². The van der Waals surface area contributed by atoms with Gasteiger partial charge in [-0.2, -0.15) is 0 Å². The third-order valence-corrected chi connectivity index (χ3v) is 3.45. The monoisotopic (exact) mass is 256 g/mol. The molecule has 1 heterocycles. The van der Waals surface area contributed by atoms with Gasteiger partial charge in [0, 0.05) is 18.1 Å². The van der Waals surface area contributed by atoms with E-state index < -0.39 is 0 Å². The molecule has 1 aromatic carbocycles. The lowest BCUT2D eigenvalue weighted by atomic mass is 10.1. The van der Waals surface area contributed by atoms with E-state index in [0.717, 1.165) is 32.6 Å². The minimum absolute atomic E-state index is 0.182. The summed E-state index contributed by atoms with van der Waals surface area (Å²) in [6.07, 6.45) is 1.11. The number of rotatable bonds is 4. The number of hydrogen-bond acceptors (Lipinski definition) is 2. The number of nitrogens with one attached hydrogen (secondary N) is 1. The predicted octanol–water partition coefficient (Wildman–Crippen LogP) is 2.91. The number of anilines is 1. The molecular weight excluding hydrogens is 239 g/mol. The molecule has 1 aliphatic rings. The molecule has 0 bridgehead atoms. The Morgan fingerprint density at radius 3 is 3.12 bits per heavy atom. The first-order valence-corrected chi connectivity index (χ1v) is 6.49. The van der Waals surface area contributed by atoms with Gasteiger partial charge in [-0.05, 0) is 43.6 Å². The molecule has 0 amide bonds. The van der Waals surface area contributed by atoms with Crippen LogP contribution in [0, 0.1) is 11.7 Å². The fourth-order valence-electron chi connectivity index (χ4n) is 2.29. The van der Waals surface area contributed by atoms with Gasteiger partial charge in [-0.25, -0.2) is 4.39 Å². The lowest BCUT2D eigenvalue weighted by Crippen LogP contribution is -2.26. The van der Waals surface area contributed by atoms with Gasteiger partial charge in [-0.1, -0.05) is 18.5 Å². The third kappa shape index (κ3) is 3.11. The van der Waals surface area contributed by atoms with Crippen molar-refractivity contribution in [1.82, 2.24) is 5.32 Å². The Labute approximate surface area is 107 Å². The molecule has 1 saturated heterocycles. The second-order valence-corrected chi connectivity index (χ2v) is 4.94. The Balaban J connectivity index is 2.02. The largest absolute Gasteiger partial charge is 0.369 e. The average molecular weight is 257 g/mol. The van der Waals surface area contributed by atoms with Gasteiger partial charge in [0.05, 0.1) is 5.69 Å². The molecule has 2 rings (SSSR count). The summed E-state index contributed by atoms with van der Waals surface area (Å²) in [4.78, 5) is 2.09. The van der Waals surface area contributed by atoms with E-state index in [4.69, 9.17) is 11.6 Å². The van der Waals surface area contributed by atoms with Crippen molar-refractivity contribution in [3.8, 4) is 0 Å². The molecule has 1 aliphatic heterocycles. The van der Waals surface area contributed by atoms with Gasteiger partial charge in [0.1, 0.15) is 5.82 Å². The normalized spacial score (nSPS) is 19.9. The van der Waals surface area contributed by atoms with Crippen molar-refractivity contribution in [2.24, 2.45) is 5.92 Å². The molecule has 0 radical (unpaired) electrons. The smallest absolute Gasteiger partial charge is 0.146 e. The predicted molar refractivity (Wildman–Crippen MR) is 70.3 cm³/mol. The summed E-state index contributed by atoms with van der Waals surface area (Å²) < 4.78 is 13.7. The summed E-state index contributed by atoms with van der Waals surface area (Å²) >= 11 is 5.91. The zero-order chi connectivity index (χ0) is 12.3. The summed E-state index contributed by atoms with van der Waals surface area (Å²) in [6.45, 7) is 5.91. The molecule has 0 aliphatic carbocycles. The first-order chi connectivity index (χ1) is 8.20. The molecule has 1 fully saturated rings. The van der Waals surface area contributed by atoms with Crippen molar-refractivity contribution < 1.29 is 4.39 Å². The van der Waals surface area contributed by atoms with E-state index in [-0.39, 0.29) is 5.82 Å².